The number of nitrogens with one attached hydrogen (secondary N) is 2. The number of nitrogens with zero attached hydrogens (tertiary/aromatic N) is 5. The Balaban J connectivity index is 1.63. The lowest BCUT2D eigenvalue weighted by Gasteiger charge is -2.15. The summed E-state index contributed by atoms with van der Waals surface area (Å²) < 4.78 is 8.29. The minimum atomic E-state index is -0.964. The summed E-state index contributed by atoms with van der Waals surface area (Å²) in [6.45, 7) is -0.0230. The quantitative estimate of drug-likeness (QED) is 0.273. The summed E-state index contributed by atoms with van der Waals surface area (Å²) in [6, 6.07) is 12.6. The summed E-state index contributed by atoms with van der Waals surface area (Å²) in [4.78, 5) is 35.1. The lowest BCUT2D eigenvalue weighted by molar-refractivity contribution is 0.0938. The minimum Gasteiger partial charge on any atom is -0.491 e. The van der Waals surface area contributed by atoms with Crippen molar-refractivity contribution in [2.45, 2.75) is 12.6 Å². The van der Waals surface area contributed by atoms with E-state index in [1.54, 1.807) is 42.9 Å². The van der Waals surface area contributed by atoms with E-state index in [1.807, 2.05) is 18.2 Å². The molecule has 3 N–H and O–H groups in total. The summed E-state index contributed by atoms with van der Waals surface area (Å²) in [5.74, 6) is 0.804. The highest BCUT2D eigenvalue weighted by Gasteiger charge is 2.19. The van der Waals surface area contributed by atoms with Crippen molar-refractivity contribution in [2.75, 3.05) is 12.0 Å². The van der Waals surface area contributed by atoms with Crippen molar-refractivity contribution in [3.63, 3.8) is 0 Å². The molecule has 3 aromatic heterocycles. The van der Waals surface area contributed by atoms with Gasteiger partial charge in [-0.2, -0.15) is 10.1 Å². The zero-order chi connectivity index (χ0) is 22.5. The van der Waals surface area contributed by atoms with Crippen molar-refractivity contribution in [1.82, 2.24) is 24.1 Å². The molecule has 1 atom stereocenters. The van der Waals surface area contributed by atoms with Gasteiger partial charge in [-0.05, 0) is 29.8 Å². The Kier molecular flexibility index (Phi) is 6.08. The van der Waals surface area contributed by atoms with Gasteiger partial charge >= 0.3 is 5.69 Å². The van der Waals surface area contributed by atoms with Gasteiger partial charge < -0.3 is 14.4 Å². The normalized spacial score (nSPS) is 12.3. The Hall–Kier alpha value is -4.25. The molecule has 0 amide bonds. The first-order valence-corrected chi connectivity index (χ1v) is 9.77. The van der Waals surface area contributed by atoms with E-state index in [9.17, 15) is 14.7 Å². The van der Waals surface area contributed by atoms with Crippen LogP contribution in [0.4, 0.5) is 5.95 Å². The summed E-state index contributed by atoms with van der Waals surface area (Å²) in [5.41, 5.74) is 2.68. The van der Waals surface area contributed by atoms with E-state index in [-0.39, 0.29) is 30.3 Å². The number of benzene rings is 1. The molecule has 4 rings (SSSR count). The van der Waals surface area contributed by atoms with Crippen LogP contribution in [0, 0.1) is 0 Å². The Morgan fingerprint density at radius 3 is 2.72 bits per heavy atom. The van der Waals surface area contributed by atoms with E-state index in [4.69, 9.17) is 4.74 Å². The van der Waals surface area contributed by atoms with Gasteiger partial charge in [0.25, 0.3) is 5.56 Å². The fourth-order valence-corrected chi connectivity index (χ4v) is 3.08. The standard InChI is InChI=1S/C21H21N7O4/c1-27-18-17(19(30)25-21(27)31)28(12-15(29)13-32-16-5-3-2-4-6-16)20(24-18)26-23-11-14-7-9-22-10-8-14/h2-11,15,29H,12-13H2,1H3,(H,24,26)(H,25,30,31). The molecule has 0 aliphatic heterocycles. The van der Waals surface area contributed by atoms with E-state index < -0.39 is 17.4 Å². The Morgan fingerprint density at radius 2 is 1.97 bits per heavy atom. The molecule has 0 saturated heterocycles. The molecular weight excluding hydrogens is 414 g/mol. The third kappa shape index (κ3) is 4.57. The lowest BCUT2D eigenvalue weighted by Crippen LogP contribution is -2.30. The van der Waals surface area contributed by atoms with Crippen molar-refractivity contribution < 1.29 is 9.84 Å². The zero-order valence-electron chi connectivity index (χ0n) is 17.2. The predicted molar refractivity (Wildman–Crippen MR) is 119 cm³/mol. The third-order valence-corrected chi connectivity index (χ3v) is 4.67. The predicted octanol–water partition coefficient (Wildman–Crippen LogP) is 0.704. The van der Waals surface area contributed by atoms with Gasteiger partial charge in [0.05, 0.1) is 12.8 Å². The molecule has 0 spiro atoms. The summed E-state index contributed by atoms with van der Waals surface area (Å²) in [6.07, 6.45) is 3.86. The average molecular weight is 435 g/mol. The molecule has 164 valence electrons. The summed E-state index contributed by atoms with van der Waals surface area (Å²) in [5, 5.41) is 14.7. The number of aliphatic hydroxyl groups is 1. The maximum atomic E-state index is 12.5. The second-order valence-corrected chi connectivity index (χ2v) is 6.96. The van der Waals surface area contributed by atoms with Crippen LogP contribution in [0.5, 0.6) is 5.75 Å². The number of ether oxygens (including phenoxy) is 1. The molecule has 11 heteroatoms. The van der Waals surface area contributed by atoms with Gasteiger partial charge in [0, 0.05) is 19.4 Å². The number of rotatable bonds is 8. The fourth-order valence-electron chi connectivity index (χ4n) is 3.08. The Morgan fingerprint density at radius 1 is 1.22 bits per heavy atom. The number of aromatic nitrogens is 5. The van der Waals surface area contributed by atoms with Crippen LogP contribution >= 0.6 is 0 Å². The van der Waals surface area contributed by atoms with Crippen LogP contribution in [0.2, 0.25) is 0 Å². The summed E-state index contributed by atoms with van der Waals surface area (Å²) in [7, 11) is 1.50. The topological polar surface area (TPSA) is 139 Å². The van der Waals surface area contributed by atoms with Crippen LogP contribution in [0.15, 0.2) is 69.5 Å². The number of anilines is 1. The molecule has 0 radical (unpaired) electrons. The smallest absolute Gasteiger partial charge is 0.329 e. The number of H-pyrrole nitrogens is 1. The largest absolute Gasteiger partial charge is 0.491 e. The zero-order valence-corrected chi connectivity index (χ0v) is 17.2. The molecule has 0 aliphatic rings. The summed E-state index contributed by atoms with van der Waals surface area (Å²) >= 11 is 0. The van der Waals surface area contributed by atoms with Crippen LogP contribution in [0.25, 0.3) is 11.2 Å². The highest BCUT2D eigenvalue weighted by atomic mass is 16.5. The first-order chi connectivity index (χ1) is 15.5. The van der Waals surface area contributed by atoms with Gasteiger partial charge in [0.1, 0.15) is 18.5 Å². The Labute approximate surface area is 181 Å². The van der Waals surface area contributed by atoms with Gasteiger partial charge in [-0.25, -0.2) is 10.2 Å². The number of para-hydroxylation sites is 1. The molecule has 32 heavy (non-hydrogen) atoms. The molecular formula is C21H21N7O4. The van der Waals surface area contributed by atoms with Crippen molar-refractivity contribution in [3.05, 3.63) is 81.3 Å². The van der Waals surface area contributed by atoms with Crippen LogP contribution in [0.3, 0.4) is 0 Å². The van der Waals surface area contributed by atoms with Crippen molar-refractivity contribution in [2.24, 2.45) is 12.1 Å². The molecule has 0 fully saturated rings. The van der Waals surface area contributed by atoms with Crippen LogP contribution in [-0.4, -0.2) is 48.1 Å². The number of hydrogen-bond donors (Lipinski definition) is 3. The average Bonchev–Trinajstić information content (AvgIpc) is 3.16. The lowest BCUT2D eigenvalue weighted by atomic mass is 10.3. The highest BCUT2D eigenvalue weighted by molar-refractivity contribution is 5.80. The van der Waals surface area contributed by atoms with E-state index in [2.05, 4.69) is 25.5 Å². The van der Waals surface area contributed by atoms with E-state index >= 15 is 0 Å². The van der Waals surface area contributed by atoms with Crippen LogP contribution in [-0.2, 0) is 13.6 Å². The number of pyridine rings is 1. The molecule has 4 aromatic rings. The number of aliphatic hydroxyl groups excluding tert-OH is 1. The molecule has 0 saturated carbocycles. The number of aromatic amines is 1. The second kappa shape index (κ2) is 9.27. The van der Waals surface area contributed by atoms with Crippen LogP contribution in [0.1, 0.15) is 5.56 Å². The SMILES string of the molecule is Cn1c(=O)[nH]c(=O)c2c1nc(NN=Cc1ccncc1)n2CC(O)COc1ccccc1. The second-order valence-electron chi connectivity index (χ2n) is 6.96. The number of hydrazone groups is 1. The number of imidazole rings is 1. The molecule has 0 bridgehead atoms. The van der Waals surface area contributed by atoms with Crippen molar-refractivity contribution in [1.29, 1.82) is 0 Å². The molecule has 1 unspecified atom stereocenters. The Bertz CT molecular complexity index is 1340. The van der Waals surface area contributed by atoms with E-state index in [0.717, 1.165) is 5.56 Å². The number of fused-ring (bicyclic) bond motifs is 1. The van der Waals surface area contributed by atoms with E-state index in [1.165, 1.54) is 16.2 Å². The van der Waals surface area contributed by atoms with Crippen LogP contribution < -0.4 is 21.4 Å². The number of aryl methyl sites for hydroxylation is 1. The molecule has 3 heterocycles. The van der Waals surface area contributed by atoms with Crippen molar-refractivity contribution in [3.8, 4) is 5.75 Å². The maximum absolute atomic E-state index is 12.5. The minimum absolute atomic E-state index is 0.00687. The van der Waals surface area contributed by atoms with E-state index in [0.29, 0.717) is 5.75 Å². The first kappa shape index (κ1) is 21.0. The molecule has 1 aromatic carbocycles. The molecule has 0 aliphatic carbocycles. The third-order valence-electron chi connectivity index (χ3n) is 4.67. The maximum Gasteiger partial charge on any atom is 0.329 e. The van der Waals surface area contributed by atoms with Gasteiger partial charge in [-0.15, -0.1) is 0 Å². The van der Waals surface area contributed by atoms with Gasteiger partial charge in [-0.3, -0.25) is 19.3 Å². The van der Waals surface area contributed by atoms with Crippen molar-refractivity contribution >= 4 is 23.3 Å². The van der Waals surface area contributed by atoms with Gasteiger partial charge in [0.15, 0.2) is 11.2 Å². The fraction of sp³-hybridized carbons (Fsp3) is 0.190. The first-order valence-electron chi connectivity index (χ1n) is 9.77. The van der Waals surface area contributed by atoms with Gasteiger partial charge in [-0.1, -0.05) is 18.2 Å². The monoisotopic (exact) mass is 435 g/mol. The number of hydrogen-bond acceptors (Lipinski definition) is 8. The molecule has 11 nitrogen and oxygen atoms in total. The van der Waals surface area contributed by atoms with Gasteiger partial charge in [0.2, 0.25) is 5.95 Å². The highest BCUT2D eigenvalue weighted by Crippen LogP contribution is 2.17.